The zero-order valence-corrected chi connectivity index (χ0v) is 9.90. The molecule has 0 bridgehead atoms. The summed E-state index contributed by atoms with van der Waals surface area (Å²) in [5.74, 6) is -2.71. The van der Waals surface area contributed by atoms with Crippen molar-refractivity contribution >= 4 is 0 Å². The average Bonchev–Trinajstić information content (AvgIpc) is 2.24. The topological polar surface area (TPSA) is 21.3 Å². The molecule has 1 aromatic carbocycles. The zero-order chi connectivity index (χ0) is 12.8. The van der Waals surface area contributed by atoms with Crippen molar-refractivity contribution in [2.75, 3.05) is 19.8 Å². The molecular formula is C12H16F3NO. The molecule has 96 valence electrons. The molecule has 1 atom stereocenters. The highest BCUT2D eigenvalue weighted by Crippen LogP contribution is 2.22. The maximum Gasteiger partial charge on any atom is 0.133 e. The van der Waals surface area contributed by atoms with E-state index in [4.69, 9.17) is 4.74 Å². The van der Waals surface area contributed by atoms with Crippen molar-refractivity contribution in [3.63, 3.8) is 0 Å². The van der Waals surface area contributed by atoms with Crippen LogP contribution in [-0.4, -0.2) is 19.8 Å². The second-order valence-electron chi connectivity index (χ2n) is 3.55. The third kappa shape index (κ3) is 3.71. The third-order valence-corrected chi connectivity index (χ3v) is 2.33. The molecule has 17 heavy (non-hydrogen) atoms. The smallest absolute Gasteiger partial charge is 0.133 e. The molecule has 1 rings (SSSR count). The van der Waals surface area contributed by atoms with Crippen molar-refractivity contribution in [3.05, 3.63) is 35.1 Å². The lowest BCUT2D eigenvalue weighted by atomic mass is 10.1. The fourth-order valence-electron chi connectivity index (χ4n) is 1.61. The van der Waals surface area contributed by atoms with Crippen LogP contribution in [-0.2, 0) is 4.74 Å². The average molecular weight is 247 g/mol. The molecule has 1 N–H and O–H groups in total. The Kier molecular flexibility index (Phi) is 5.44. The van der Waals surface area contributed by atoms with Gasteiger partial charge >= 0.3 is 0 Å². The van der Waals surface area contributed by atoms with Crippen LogP contribution in [0.1, 0.15) is 25.5 Å². The van der Waals surface area contributed by atoms with Crippen molar-refractivity contribution in [1.82, 2.24) is 5.32 Å². The highest BCUT2D eigenvalue weighted by Gasteiger charge is 2.20. The SMILES string of the molecule is CCNC(COCC)c1c(F)cc(F)cc1F. The van der Waals surface area contributed by atoms with E-state index in [9.17, 15) is 13.2 Å². The van der Waals surface area contributed by atoms with Gasteiger partial charge in [-0.15, -0.1) is 0 Å². The van der Waals surface area contributed by atoms with Gasteiger partial charge in [0, 0.05) is 24.3 Å². The van der Waals surface area contributed by atoms with Crippen LogP contribution in [0.25, 0.3) is 0 Å². The zero-order valence-electron chi connectivity index (χ0n) is 9.90. The maximum absolute atomic E-state index is 13.5. The number of hydrogen-bond acceptors (Lipinski definition) is 2. The summed E-state index contributed by atoms with van der Waals surface area (Å²) in [6, 6.07) is 0.740. The normalized spacial score (nSPS) is 12.8. The van der Waals surface area contributed by atoms with Gasteiger partial charge in [-0.3, -0.25) is 0 Å². The summed E-state index contributed by atoms with van der Waals surface area (Å²) in [7, 11) is 0. The quantitative estimate of drug-likeness (QED) is 0.834. The standard InChI is InChI=1S/C12H16F3NO/c1-3-16-11(7-17-4-2)12-9(14)5-8(13)6-10(12)15/h5-6,11,16H,3-4,7H2,1-2H3. The first kappa shape index (κ1) is 14.0. The first-order valence-electron chi connectivity index (χ1n) is 5.55. The molecule has 1 unspecified atom stereocenters. The van der Waals surface area contributed by atoms with Crippen LogP contribution >= 0.6 is 0 Å². The molecule has 0 saturated carbocycles. The van der Waals surface area contributed by atoms with Crippen LogP contribution in [0, 0.1) is 17.5 Å². The van der Waals surface area contributed by atoms with Gasteiger partial charge < -0.3 is 10.1 Å². The van der Waals surface area contributed by atoms with Gasteiger partial charge in [0.15, 0.2) is 0 Å². The van der Waals surface area contributed by atoms with E-state index in [0.717, 1.165) is 0 Å². The summed E-state index contributed by atoms with van der Waals surface area (Å²) in [4.78, 5) is 0. The van der Waals surface area contributed by atoms with Crippen molar-refractivity contribution in [2.24, 2.45) is 0 Å². The molecule has 0 radical (unpaired) electrons. The Morgan fingerprint density at radius 2 is 1.76 bits per heavy atom. The molecule has 0 aliphatic heterocycles. The van der Waals surface area contributed by atoms with Crippen LogP contribution in [0.4, 0.5) is 13.2 Å². The predicted molar refractivity (Wildman–Crippen MR) is 59.2 cm³/mol. The molecule has 1 aromatic rings. The molecule has 0 saturated heterocycles. The van der Waals surface area contributed by atoms with Gasteiger partial charge in [-0.05, 0) is 13.5 Å². The van der Waals surface area contributed by atoms with Crippen LogP contribution in [0.3, 0.4) is 0 Å². The van der Waals surface area contributed by atoms with Crippen molar-refractivity contribution < 1.29 is 17.9 Å². The van der Waals surface area contributed by atoms with Crippen LogP contribution in [0.5, 0.6) is 0 Å². The Morgan fingerprint density at radius 3 is 2.24 bits per heavy atom. The van der Waals surface area contributed by atoms with Gasteiger partial charge in [0.1, 0.15) is 17.5 Å². The van der Waals surface area contributed by atoms with Crippen molar-refractivity contribution in [1.29, 1.82) is 0 Å². The minimum absolute atomic E-state index is 0.143. The Morgan fingerprint density at radius 1 is 1.18 bits per heavy atom. The molecular weight excluding hydrogens is 231 g/mol. The van der Waals surface area contributed by atoms with Gasteiger partial charge in [-0.25, -0.2) is 13.2 Å². The highest BCUT2D eigenvalue weighted by atomic mass is 19.1. The number of nitrogens with one attached hydrogen (secondary N) is 1. The lowest BCUT2D eigenvalue weighted by Crippen LogP contribution is -2.27. The second-order valence-corrected chi connectivity index (χ2v) is 3.55. The fourth-order valence-corrected chi connectivity index (χ4v) is 1.61. The highest BCUT2D eigenvalue weighted by molar-refractivity contribution is 5.24. The molecule has 0 spiro atoms. The molecule has 0 heterocycles. The Balaban J connectivity index is 3.00. The lowest BCUT2D eigenvalue weighted by molar-refractivity contribution is 0.121. The van der Waals surface area contributed by atoms with Crippen LogP contribution < -0.4 is 5.32 Å². The number of rotatable bonds is 6. The van der Waals surface area contributed by atoms with E-state index in [2.05, 4.69) is 5.32 Å². The van der Waals surface area contributed by atoms with Gasteiger partial charge in [0.05, 0.1) is 12.6 Å². The molecule has 0 fully saturated rings. The Bertz CT molecular complexity index is 348. The summed E-state index contributed by atoms with van der Waals surface area (Å²) in [6.07, 6.45) is 0. The predicted octanol–water partition coefficient (Wildman–Crippen LogP) is 2.79. The summed E-state index contributed by atoms with van der Waals surface area (Å²) < 4.78 is 45.0. The molecule has 0 aliphatic carbocycles. The van der Waals surface area contributed by atoms with E-state index in [1.165, 1.54) is 0 Å². The summed E-state index contributed by atoms with van der Waals surface area (Å²) in [5.41, 5.74) is -0.179. The number of ether oxygens (including phenoxy) is 1. The van der Waals surface area contributed by atoms with E-state index < -0.39 is 23.5 Å². The van der Waals surface area contributed by atoms with Gasteiger partial charge in [-0.2, -0.15) is 0 Å². The van der Waals surface area contributed by atoms with E-state index in [1.807, 2.05) is 6.92 Å². The number of halogens is 3. The summed E-state index contributed by atoms with van der Waals surface area (Å²) in [6.45, 7) is 4.74. The minimum atomic E-state index is -0.921. The van der Waals surface area contributed by atoms with Gasteiger partial charge in [0.25, 0.3) is 0 Å². The minimum Gasteiger partial charge on any atom is -0.380 e. The lowest BCUT2D eigenvalue weighted by Gasteiger charge is -2.19. The molecule has 5 heteroatoms. The van der Waals surface area contributed by atoms with Crippen LogP contribution in [0.2, 0.25) is 0 Å². The van der Waals surface area contributed by atoms with Gasteiger partial charge in [0.2, 0.25) is 0 Å². The third-order valence-electron chi connectivity index (χ3n) is 2.33. The van der Waals surface area contributed by atoms with E-state index in [0.29, 0.717) is 25.3 Å². The van der Waals surface area contributed by atoms with E-state index >= 15 is 0 Å². The first-order chi connectivity index (χ1) is 8.10. The summed E-state index contributed by atoms with van der Waals surface area (Å²) in [5, 5.41) is 2.91. The second kappa shape index (κ2) is 6.61. The Hall–Kier alpha value is -1.07. The maximum atomic E-state index is 13.5. The molecule has 2 nitrogen and oxygen atoms in total. The van der Waals surface area contributed by atoms with E-state index in [1.54, 1.807) is 6.92 Å². The fraction of sp³-hybridized carbons (Fsp3) is 0.500. The van der Waals surface area contributed by atoms with Crippen LogP contribution in [0.15, 0.2) is 12.1 Å². The first-order valence-corrected chi connectivity index (χ1v) is 5.55. The van der Waals surface area contributed by atoms with Gasteiger partial charge in [-0.1, -0.05) is 6.92 Å². The molecule has 0 aliphatic rings. The van der Waals surface area contributed by atoms with Crippen molar-refractivity contribution in [2.45, 2.75) is 19.9 Å². The monoisotopic (exact) mass is 247 g/mol. The largest absolute Gasteiger partial charge is 0.380 e. The number of likely N-dealkylation sites (N-methyl/N-ethyl adjacent to an activating group) is 1. The Labute approximate surface area is 98.8 Å². The molecule has 0 amide bonds. The molecule has 0 aromatic heterocycles. The number of hydrogen-bond donors (Lipinski definition) is 1. The van der Waals surface area contributed by atoms with E-state index in [-0.39, 0.29) is 12.2 Å². The summed E-state index contributed by atoms with van der Waals surface area (Å²) >= 11 is 0. The van der Waals surface area contributed by atoms with Crippen molar-refractivity contribution in [3.8, 4) is 0 Å². The number of benzene rings is 1.